The van der Waals surface area contributed by atoms with Crippen molar-refractivity contribution in [2.45, 2.75) is 19.3 Å². The Labute approximate surface area is 141 Å². The molecule has 0 unspecified atom stereocenters. The number of hydrogen-bond donors (Lipinski definition) is 3. The molecule has 3 aromatic carbocycles. The Bertz CT molecular complexity index is 868. The molecule has 122 valence electrons. The van der Waals surface area contributed by atoms with Crippen LogP contribution in [0.3, 0.4) is 0 Å². The summed E-state index contributed by atoms with van der Waals surface area (Å²) in [5, 5.41) is 29.6. The lowest BCUT2D eigenvalue weighted by Gasteiger charge is -2.27. The molecule has 0 aliphatic rings. The second-order valence-corrected chi connectivity index (χ2v) is 6.43. The van der Waals surface area contributed by atoms with Crippen LogP contribution >= 0.6 is 0 Å². The Kier molecular flexibility index (Phi) is 3.94. The molecule has 0 bridgehead atoms. The van der Waals surface area contributed by atoms with Crippen LogP contribution in [0.15, 0.2) is 66.7 Å². The second-order valence-electron chi connectivity index (χ2n) is 6.43. The zero-order valence-corrected chi connectivity index (χ0v) is 13.7. The third-order valence-electron chi connectivity index (χ3n) is 4.50. The van der Waals surface area contributed by atoms with E-state index in [1.165, 1.54) is 6.07 Å². The second kappa shape index (κ2) is 5.93. The highest BCUT2D eigenvalue weighted by Gasteiger charge is 2.25. The molecule has 0 atom stereocenters. The van der Waals surface area contributed by atoms with Crippen molar-refractivity contribution in [3.05, 3.63) is 77.9 Å². The number of hydrogen-bond acceptors (Lipinski definition) is 3. The number of rotatable bonds is 3. The molecule has 0 saturated carbocycles. The smallest absolute Gasteiger partial charge is 0.157 e. The van der Waals surface area contributed by atoms with Crippen molar-refractivity contribution in [2.75, 3.05) is 0 Å². The lowest BCUT2D eigenvalue weighted by molar-refractivity contribution is 0.402. The molecule has 3 heteroatoms. The van der Waals surface area contributed by atoms with Gasteiger partial charge in [0.2, 0.25) is 0 Å². The maximum absolute atomic E-state index is 10.2. The highest BCUT2D eigenvalue weighted by atomic mass is 16.3. The molecule has 3 rings (SSSR count). The van der Waals surface area contributed by atoms with E-state index >= 15 is 0 Å². The molecule has 3 nitrogen and oxygen atoms in total. The monoisotopic (exact) mass is 320 g/mol. The first kappa shape index (κ1) is 15.9. The van der Waals surface area contributed by atoms with Gasteiger partial charge in [0.1, 0.15) is 5.75 Å². The van der Waals surface area contributed by atoms with Gasteiger partial charge in [-0.1, -0.05) is 56.3 Å². The van der Waals surface area contributed by atoms with Gasteiger partial charge in [0.25, 0.3) is 0 Å². The first-order valence-corrected chi connectivity index (χ1v) is 7.81. The van der Waals surface area contributed by atoms with E-state index in [1.807, 2.05) is 56.3 Å². The van der Waals surface area contributed by atoms with Gasteiger partial charge in [0.05, 0.1) is 0 Å². The van der Waals surface area contributed by atoms with E-state index < -0.39 is 5.41 Å². The topological polar surface area (TPSA) is 60.7 Å². The van der Waals surface area contributed by atoms with Crippen LogP contribution in [0.2, 0.25) is 0 Å². The normalized spacial score (nSPS) is 11.4. The van der Waals surface area contributed by atoms with E-state index in [1.54, 1.807) is 18.2 Å². The van der Waals surface area contributed by atoms with Gasteiger partial charge in [0.15, 0.2) is 11.5 Å². The van der Waals surface area contributed by atoms with Crippen LogP contribution in [-0.2, 0) is 5.41 Å². The van der Waals surface area contributed by atoms with E-state index in [-0.39, 0.29) is 17.2 Å². The molecule has 0 fully saturated rings. The average Bonchev–Trinajstić information content (AvgIpc) is 2.58. The molecule has 3 N–H and O–H groups in total. The van der Waals surface area contributed by atoms with Crippen molar-refractivity contribution >= 4 is 0 Å². The molecule has 0 saturated heterocycles. The molecular weight excluding hydrogens is 300 g/mol. The summed E-state index contributed by atoms with van der Waals surface area (Å²) in [5.74, 6) is -0.0397. The lowest BCUT2D eigenvalue weighted by Crippen LogP contribution is -2.18. The summed E-state index contributed by atoms with van der Waals surface area (Å²) in [6.45, 7) is 4.08. The van der Waals surface area contributed by atoms with Crippen LogP contribution in [0.25, 0.3) is 11.1 Å². The summed E-state index contributed by atoms with van der Waals surface area (Å²) in [5.41, 5.74) is 3.19. The van der Waals surface area contributed by atoms with Gasteiger partial charge in [0, 0.05) is 11.0 Å². The molecule has 0 spiro atoms. The molecule has 0 aliphatic carbocycles. The molecule has 0 amide bonds. The first-order valence-electron chi connectivity index (χ1n) is 7.81. The summed E-state index contributed by atoms with van der Waals surface area (Å²) in [7, 11) is 0. The minimum absolute atomic E-state index is 0.134. The van der Waals surface area contributed by atoms with Crippen LogP contribution in [0.1, 0.15) is 25.0 Å². The molecule has 0 radical (unpaired) electrons. The van der Waals surface area contributed by atoms with Crippen LogP contribution in [0, 0.1) is 0 Å². The molecule has 0 aromatic heterocycles. The molecule has 0 aliphatic heterocycles. The fourth-order valence-electron chi connectivity index (χ4n) is 2.85. The van der Waals surface area contributed by atoms with Gasteiger partial charge < -0.3 is 15.3 Å². The van der Waals surface area contributed by atoms with Crippen LogP contribution in [-0.4, -0.2) is 15.3 Å². The summed E-state index contributed by atoms with van der Waals surface area (Å²) in [4.78, 5) is 0. The standard InChI is InChI=1S/C21H20O3/c1-21(2,16-9-11-19(23)20(24)13-16)15-8-10-18(22)17(12-15)14-6-4-3-5-7-14/h3-13,22-24H,1-2H3. The predicted molar refractivity (Wildman–Crippen MR) is 95.4 cm³/mol. The van der Waals surface area contributed by atoms with Crippen molar-refractivity contribution in [2.24, 2.45) is 0 Å². The van der Waals surface area contributed by atoms with E-state index in [0.29, 0.717) is 0 Å². The number of phenolic OH excluding ortho intramolecular Hbond substituents is 3. The summed E-state index contributed by atoms with van der Waals surface area (Å²) < 4.78 is 0. The van der Waals surface area contributed by atoms with E-state index in [0.717, 1.165) is 22.3 Å². The van der Waals surface area contributed by atoms with Gasteiger partial charge in [-0.25, -0.2) is 0 Å². The molecule has 24 heavy (non-hydrogen) atoms. The van der Waals surface area contributed by atoms with E-state index in [2.05, 4.69) is 0 Å². The fraction of sp³-hybridized carbons (Fsp3) is 0.143. The Balaban J connectivity index is 2.10. The SMILES string of the molecule is CC(C)(c1ccc(O)c(O)c1)c1ccc(O)c(-c2ccccc2)c1. The minimum Gasteiger partial charge on any atom is -0.507 e. The zero-order chi connectivity index (χ0) is 17.3. The van der Waals surface area contributed by atoms with Gasteiger partial charge in [-0.05, 0) is 41.0 Å². The van der Waals surface area contributed by atoms with Crippen LogP contribution < -0.4 is 0 Å². The van der Waals surface area contributed by atoms with E-state index in [9.17, 15) is 15.3 Å². The summed E-state index contributed by atoms with van der Waals surface area (Å²) in [6.07, 6.45) is 0. The van der Waals surface area contributed by atoms with Gasteiger partial charge in [-0.15, -0.1) is 0 Å². The largest absolute Gasteiger partial charge is 0.507 e. The highest BCUT2D eigenvalue weighted by molar-refractivity contribution is 5.71. The Morgan fingerprint density at radius 1 is 0.625 bits per heavy atom. The fourth-order valence-corrected chi connectivity index (χ4v) is 2.85. The lowest BCUT2D eigenvalue weighted by atomic mass is 9.77. The zero-order valence-electron chi connectivity index (χ0n) is 13.7. The van der Waals surface area contributed by atoms with Crippen molar-refractivity contribution in [3.8, 4) is 28.4 Å². The molecule has 0 heterocycles. The quantitative estimate of drug-likeness (QED) is 0.608. The number of phenols is 3. The van der Waals surface area contributed by atoms with Crippen LogP contribution in [0.5, 0.6) is 17.2 Å². The molecule has 3 aromatic rings. The van der Waals surface area contributed by atoms with Crippen molar-refractivity contribution in [1.29, 1.82) is 0 Å². The highest BCUT2D eigenvalue weighted by Crippen LogP contribution is 2.39. The van der Waals surface area contributed by atoms with Crippen molar-refractivity contribution < 1.29 is 15.3 Å². The third-order valence-corrected chi connectivity index (χ3v) is 4.50. The Morgan fingerprint density at radius 2 is 1.21 bits per heavy atom. The van der Waals surface area contributed by atoms with Gasteiger partial charge in [-0.3, -0.25) is 0 Å². The van der Waals surface area contributed by atoms with E-state index in [4.69, 9.17) is 0 Å². The maximum Gasteiger partial charge on any atom is 0.157 e. The maximum atomic E-state index is 10.2. The average molecular weight is 320 g/mol. The summed E-state index contributed by atoms with van der Waals surface area (Å²) in [6, 6.07) is 20.1. The van der Waals surface area contributed by atoms with Crippen molar-refractivity contribution in [1.82, 2.24) is 0 Å². The third kappa shape index (κ3) is 2.81. The first-order chi connectivity index (χ1) is 11.4. The summed E-state index contributed by atoms with van der Waals surface area (Å²) >= 11 is 0. The van der Waals surface area contributed by atoms with Gasteiger partial charge >= 0.3 is 0 Å². The van der Waals surface area contributed by atoms with Gasteiger partial charge in [-0.2, -0.15) is 0 Å². The Hall–Kier alpha value is -2.94. The number of benzene rings is 3. The predicted octanol–water partition coefficient (Wildman–Crippen LogP) is 4.80. The van der Waals surface area contributed by atoms with Crippen LogP contribution in [0.4, 0.5) is 0 Å². The molecular formula is C21H20O3. The minimum atomic E-state index is -0.400. The number of aromatic hydroxyl groups is 3. The van der Waals surface area contributed by atoms with Crippen molar-refractivity contribution in [3.63, 3.8) is 0 Å². The Morgan fingerprint density at radius 3 is 1.83 bits per heavy atom.